The number of nitro benzene ring substituents is 1. The number of phosphoric acid groups is 3. The van der Waals surface area contributed by atoms with Crippen molar-refractivity contribution in [3.8, 4) is 5.75 Å². The molecule has 1 aliphatic rings. The Hall–Kier alpha value is -3.03. The van der Waals surface area contributed by atoms with Gasteiger partial charge in [0.2, 0.25) is 0 Å². The largest absolute Gasteiger partial charge is 0.510 e. The van der Waals surface area contributed by atoms with Crippen LogP contribution in [0.3, 0.4) is 0 Å². The molecule has 1 aromatic heterocycles. The van der Waals surface area contributed by atoms with E-state index in [2.05, 4.69) is 27.2 Å². The molecule has 0 radical (unpaired) electrons. The summed E-state index contributed by atoms with van der Waals surface area (Å²) in [5.41, 5.74) is 4.55. The van der Waals surface area contributed by atoms with Crippen molar-refractivity contribution in [2.75, 3.05) is 33.7 Å². The molecule has 0 spiro atoms. The van der Waals surface area contributed by atoms with Crippen molar-refractivity contribution in [3.05, 3.63) is 68.0 Å². The van der Waals surface area contributed by atoms with Crippen molar-refractivity contribution in [2.45, 2.75) is 45.8 Å². The van der Waals surface area contributed by atoms with Gasteiger partial charge in [0.25, 0.3) is 5.69 Å². The Morgan fingerprint density at radius 2 is 1.77 bits per heavy atom. The predicted octanol–water partition coefficient (Wildman–Crippen LogP) is 4.04. The van der Waals surface area contributed by atoms with Crippen LogP contribution >= 0.6 is 23.5 Å². The fraction of sp³-hybridized carbons (Fsp3) is 0.500. The van der Waals surface area contributed by atoms with Crippen LogP contribution in [0, 0.1) is 15.5 Å². The first kappa shape index (κ1) is 39.4. The van der Waals surface area contributed by atoms with Gasteiger partial charge in [0.15, 0.2) is 6.23 Å². The van der Waals surface area contributed by atoms with Crippen LogP contribution in [0.15, 0.2) is 41.0 Å². The summed E-state index contributed by atoms with van der Waals surface area (Å²) < 4.78 is 75.7. The maximum Gasteiger partial charge on any atom is 0.492 e. The number of phosphoric ester groups is 2. The van der Waals surface area contributed by atoms with Gasteiger partial charge in [0.1, 0.15) is 23.4 Å². The highest BCUT2D eigenvalue weighted by molar-refractivity contribution is 7.67. The van der Waals surface area contributed by atoms with Crippen LogP contribution in [0.1, 0.15) is 44.2 Å². The molecule has 0 bridgehead atoms. The highest BCUT2D eigenvalue weighted by Gasteiger charge is 2.44. The number of hydrogen-bond acceptors (Lipinski definition) is 17. The Kier molecular flexibility index (Phi) is 12.5. The van der Waals surface area contributed by atoms with E-state index in [9.17, 15) is 43.5 Å². The van der Waals surface area contributed by atoms with E-state index in [0.717, 1.165) is 17.8 Å². The number of methoxy groups -OCH3 is 1. The van der Waals surface area contributed by atoms with Crippen molar-refractivity contribution in [3.63, 3.8) is 0 Å². The summed E-state index contributed by atoms with van der Waals surface area (Å²) in [5.74, 6) is -0.428. The van der Waals surface area contributed by atoms with Crippen molar-refractivity contribution in [1.29, 1.82) is 0 Å². The number of nitrogen functional groups attached to an aromatic ring is 1. The minimum absolute atomic E-state index is 0.159. The molecule has 48 heavy (non-hydrogen) atoms. The van der Waals surface area contributed by atoms with Crippen LogP contribution in [-0.4, -0.2) is 63.4 Å². The lowest BCUT2D eigenvalue weighted by Gasteiger charge is -2.31. The van der Waals surface area contributed by atoms with E-state index in [1.165, 1.54) is 31.5 Å². The Morgan fingerprint density at radius 1 is 1.12 bits per heavy atom. The number of aliphatic hydroxyl groups excluding tert-OH is 1. The van der Waals surface area contributed by atoms with Crippen molar-refractivity contribution in [1.82, 2.24) is 9.55 Å². The maximum absolute atomic E-state index is 12.8. The SMILES string of the molecule is COc1ccc([N+](=O)[O-])c([C@@H](OCc2cn([C@H]3C=C(O)[C@@H](COP(=O)(O)OP(=O)(OC)OP(=O)(O)OC)O3)c(=O)nc2N)C(C)(C)C)c1. The molecule has 3 rings (SSSR count). The molecule has 5 N–H and O–H groups in total. The molecular formula is C24H35N4O17P3. The number of aliphatic hydroxyl groups is 1. The monoisotopic (exact) mass is 744 g/mol. The minimum atomic E-state index is -5.38. The number of benzene rings is 1. The molecule has 268 valence electrons. The Balaban J connectivity index is 1.79. The molecule has 1 aliphatic heterocycles. The zero-order valence-corrected chi connectivity index (χ0v) is 29.0. The van der Waals surface area contributed by atoms with E-state index in [4.69, 9.17) is 19.9 Å². The lowest BCUT2D eigenvalue weighted by atomic mass is 9.83. The third-order valence-corrected chi connectivity index (χ3v) is 11.1. The topological polar surface area (TPSA) is 290 Å². The van der Waals surface area contributed by atoms with E-state index in [1.807, 2.05) is 0 Å². The second-order valence-electron chi connectivity index (χ2n) is 10.9. The van der Waals surface area contributed by atoms with Crippen LogP contribution in [0.5, 0.6) is 5.75 Å². The number of nitrogens with zero attached hydrogens (tertiary/aromatic N) is 3. The third kappa shape index (κ3) is 10.0. The molecule has 2 aromatic rings. The second kappa shape index (κ2) is 15.2. The molecule has 0 aliphatic carbocycles. The standard InChI is InChI=1S/C24H35N4O17P3/c1-24(2,3)21(16-9-15(38-4)7-8-17(16)28(31)32)41-12-14-11-27(23(30)26-22(14)25)20-10-18(29)19(43-20)13-42-47(35,36)45-48(37,40-6)44-46(33,34)39-5/h7-11,19-21,29H,12-13H2,1-6H3,(H,33,34)(H,35,36)(H2,25,26,30)/t19-,20-,21-,48?/m1/s1. The molecule has 0 saturated heterocycles. The summed E-state index contributed by atoms with van der Waals surface area (Å²) in [4.78, 5) is 47.1. The summed E-state index contributed by atoms with van der Waals surface area (Å²) in [6.07, 6.45) is -1.47. The van der Waals surface area contributed by atoms with Gasteiger partial charge in [-0.15, -0.1) is 0 Å². The number of ether oxygens (including phenoxy) is 3. The van der Waals surface area contributed by atoms with E-state index < -0.39 is 70.3 Å². The van der Waals surface area contributed by atoms with Crippen molar-refractivity contribution in [2.24, 2.45) is 5.41 Å². The molecule has 6 atom stereocenters. The number of nitro groups is 1. The summed E-state index contributed by atoms with van der Waals surface area (Å²) in [5, 5.41) is 22.2. The molecule has 1 aromatic carbocycles. The Labute approximate surface area is 273 Å². The molecule has 21 nitrogen and oxygen atoms in total. The maximum atomic E-state index is 12.8. The van der Waals surface area contributed by atoms with E-state index in [1.54, 1.807) is 20.8 Å². The lowest BCUT2D eigenvalue weighted by Crippen LogP contribution is -2.30. The molecule has 0 amide bonds. The van der Waals surface area contributed by atoms with Gasteiger partial charge in [0.05, 0.1) is 36.9 Å². The quantitative estimate of drug-likeness (QED) is 0.107. The first-order chi connectivity index (χ1) is 22.1. The average Bonchev–Trinajstić information content (AvgIpc) is 3.35. The zero-order chi connectivity index (χ0) is 36.2. The fourth-order valence-corrected chi connectivity index (χ4v) is 7.91. The van der Waals surface area contributed by atoms with Gasteiger partial charge in [-0.05, 0) is 17.5 Å². The highest BCUT2D eigenvalue weighted by atomic mass is 31.3. The summed E-state index contributed by atoms with van der Waals surface area (Å²) in [6, 6.07) is 4.23. The Morgan fingerprint density at radius 3 is 2.33 bits per heavy atom. The van der Waals surface area contributed by atoms with E-state index >= 15 is 0 Å². The van der Waals surface area contributed by atoms with Crippen LogP contribution in [0.25, 0.3) is 0 Å². The van der Waals surface area contributed by atoms with E-state index in [-0.39, 0.29) is 29.2 Å². The van der Waals surface area contributed by atoms with Gasteiger partial charge >= 0.3 is 29.2 Å². The van der Waals surface area contributed by atoms with Gasteiger partial charge in [-0.25, -0.2) is 18.5 Å². The number of aromatic nitrogens is 2. The summed E-state index contributed by atoms with van der Waals surface area (Å²) in [7, 11) is -12.8. The van der Waals surface area contributed by atoms with E-state index in [0.29, 0.717) is 12.9 Å². The van der Waals surface area contributed by atoms with Crippen LogP contribution in [0.2, 0.25) is 0 Å². The lowest BCUT2D eigenvalue weighted by molar-refractivity contribution is -0.386. The molecule has 0 saturated carbocycles. The number of anilines is 1. The average molecular weight is 744 g/mol. The zero-order valence-electron chi connectivity index (χ0n) is 26.4. The first-order valence-electron chi connectivity index (χ1n) is 13.5. The molecule has 2 heterocycles. The number of hydrogen-bond donors (Lipinski definition) is 4. The minimum Gasteiger partial charge on any atom is -0.510 e. The molecule has 24 heteroatoms. The molecule has 0 fully saturated rings. The van der Waals surface area contributed by atoms with Crippen LogP contribution in [-0.2, 0) is 52.0 Å². The van der Waals surface area contributed by atoms with Gasteiger partial charge in [0, 0.05) is 38.1 Å². The second-order valence-corrected chi connectivity index (χ2v) is 16.0. The number of rotatable bonds is 16. The van der Waals surface area contributed by atoms with Gasteiger partial charge in [-0.1, -0.05) is 20.8 Å². The fourth-order valence-electron chi connectivity index (χ4n) is 4.18. The van der Waals surface area contributed by atoms with Crippen molar-refractivity contribution >= 4 is 35.0 Å². The highest BCUT2D eigenvalue weighted by Crippen LogP contribution is 2.69. The Bertz CT molecular complexity index is 1740. The smallest absolute Gasteiger partial charge is 0.492 e. The van der Waals surface area contributed by atoms with Gasteiger partial charge in [-0.3, -0.25) is 28.3 Å². The molecular weight excluding hydrogens is 709 g/mol. The molecule has 3 unspecified atom stereocenters. The number of nitrogens with two attached hydrogens (primary N) is 1. The predicted molar refractivity (Wildman–Crippen MR) is 164 cm³/mol. The van der Waals surface area contributed by atoms with Crippen molar-refractivity contribution < 1.29 is 69.9 Å². The van der Waals surface area contributed by atoms with Crippen LogP contribution in [0.4, 0.5) is 11.5 Å². The van der Waals surface area contributed by atoms with Gasteiger partial charge in [-0.2, -0.15) is 13.6 Å². The summed E-state index contributed by atoms with van der Waals surface area (Å²) >= 11 is 0. The summed E-state index contributed by atoms with van der Waals surface area (Å²) in [6.45, 7) is 4.17. The first-order valence-corrected chi connectivity index (χ1v) is 17.9. The van der Waals surface area contributed by atoms with Gasteiger partial charge < -0.3 is 34.8 Å². The normalized spacial score (nSPS) is 21.0. The third-order valence-electron chi connectivity index (χ3n) is 6.44. The van der Waals surface area contributed by atoms with Crippen LogP contribution < -0.4 is 16.2 Å².